The average molecular weight is 329 g/mol. The fourth-order valence-electron chi connectivity index (χ4n) is 3.71. The second-order valence-electron chi connectivity index (χ2n) is 6.66. The molecule has 5 heteroatoms. The Kier molecular flexibility index (Phi) is 5.51. The number of benzene rings is 1. The summed E-state index contributed by atoms with van der Waals surface area (Å²) >= 11 is 0. The van der Waals surface area contributed by atoms with E-state index in [0.29, 0.717) is 19.4 Å². The molecule has 2 aliphatic rings. The van der Waals surface area contributed by atoms with Gasteiger partial charge >= 0.3 is 0 Å². The largest absolute Gasteiger partial charge is 0.354 e. The van der Waals surface area contributed by atoms with E-state index in [4.69, 9.17) is 0 Å². The zero-order chi connectivity index (χ0) is 16.9. The van der Waals surface area contributed by atoms with Crippen LogP contribution in [-0.4, -0.2) is 48.9 Å². The maximum Gasteiger partial charge on any atom is 0.243 e. The van der Waals surface area contributed by atoms with Crippen molar-refractivity contribution in [1.82, 2.24) is 10.2 Å². The number of hydrogen-bond donors (Lipinski definition) is 1. The Bertz CT molecular complexity index is 596. The van der Waals surface area contributed by atoms with Crippen molar-refractivity contribution in [2.75, 3.05) is 31.1 Å². The summed E-state index contributed by atoms with van der Waals surface area (Å²) in [6.45, 7) is 5.93. The van der Waals surface area contributed by atoms with Crippen molar-refractivity contribution in [3.63, 3.8) is 0 Å². The lowest BCUT2D eigenvalue weighted by molar-refractivity contribution is -0.126. The predicted molar refractivity (Wildman–Crippen MR) is 95.0 cm³/mol. The normalized spacial score (nSPS) is 20.2. The van der Waals surface area contributed by atoms with Crippen LogP contribution in [0.5, 0.6) is 0 Å². The number of rotatable bonds is 6. The molecule has 5 nitrogen and oxygen atoms in total. The lowest BCUT2D eigenvalue weighted by Gasteiger charge is -2.24. The van der Waals surface area contributed by atoms with Gasteiger partial charge in [-0.25, -0.2) is 0 Å². The first-order chi connectivity index (χ1) is 11.7. The first kappa shape index (κ1) is 17.0. The van der Waals surface area contributed by atoms with E-state index >= 15 is 0 Å². The van der Waals surface area contributed by atoms with Gasteiger partial charge in [0.2, 0.25) is 11.8 Å². The molecule has 1 N–H and O–H groups in total. The SMILES string of the molecule is CCC(=O)N1c2ccccc2C[C@@H]1C(=O)NCCCN1CCCC1. The molecule has 2 amide bonds. The van der Waals surface area contributed by atoms with Crippen LogP contribution in [0.1, 0.15) is 38.2 Å². The summed E-state index contributed by atoms with van der Waals surface area (Å²) in [6, 6.07) is 7.42. The van der Waals surface area contributed by atoms with Gasteiger partial charge in [0.15, 0.2) is 0 Å². The van der Waals surface area contributed by atoms with Crippen molar-refractivity contribution in [3.05, 3.63) is 29.8 Å². The fourth-order valence-corrected chi connectivity index (χ4v) is 3.71. The highest BCUT2D eigenvalue weighted by Crippen LogP contribution is 2.32. The Morgan fingerprint density at radius 2 is 1.96 bits per heavy atom. The summed E-state index contributed by atoms with van der Waals surface area (Å²) in [7, 11) is 0. The number of nitrogens with one attached hydrogen (secondary N) is 1. The van der Waals surface area contributed by atoms with Gasteiger partial charge in [-0.05, 0) is 50.5 Å². The zero-order valence-electron chi connectivity index (χ0n) is 14.5. The molecule has 0 bridgehead atoms. The zero-order valence-corrected chi connectivity index (χ0v) is 14.5. The van der Waals surface area contributed by atoms with Crippen molar-refractivity contribution < 1.29 is 9.59 Å². The van der Waals surface area contributed by atoms with Gasteiger partial charge < -0.3 is 10.2 Å². The first-order valence-corrected chi connectivity index (χ1v) is 9.10. The third-order valence-corrected chi connectivity index (χ3v) is 5.00. The molecule has 0 aliphatic carbocycles. The van der Waals surface area contributed by atoms with E-state index in [1.54, 1.807) is 4.90 Å². The minimum atomic E-state index is -0.401. The molecule has 3 rings (SSSR count). The van der Waals surface area contributed by atoms with Crippen LogP contribution in [0, 0.1) is 0 Å². The molecular formula is C19H27N3O2. The Hall–Kier alpha value is -1.88. The first-order valence-electron chi connectivity index (χ1n) is 9.10. The van der Waals surface area contributed by atoms with Gasteiger partial charge in [-0.15, -0.1) is 0 Å². The van der Waals surface area contributed by atoms with Crippen molar-refractivity contribution in [2.24, 2.45) is 0 Å². The van der Waals surface area contributed by atoms with Crippen LogP contribution in [0.4, 0.5) is 5.69 Å². The molecule has 1 aromatic carbocycles. The number of anilines is 1. The van der Waals surface area contributed by atoms with Gasteiger partial charge in [-0.1, -0.05) is 25.1 Å². The molecule has 1 atom stereocenters. The summed E-state index contributed by atoms with van der Waals surface area (Å²) < 4.78 is 0. The maximum atomic E-state index is 12.6. The smallest absolute Gasteiger partial charge is 0.243 e. The molecule has 0 unspecified atom stereocenters. The second kappa shape index (κ2) is 7.79. The number of fused-ring (bicyclic) bond motifs is 1. The molecule has 1 aromatic rings. The van der Waals surface area contributed by atoms with Crippen molar-refractivity contribution in [2.45, 2.75) is 45.1 Å². The van der Waals surface area contributed by atoms with Crippen LogP contribution >= 0.6 is 0 Å². The Morgan fingerprint density at radius 3 is 2.71 bits per heavy atom. The van der Waals surface area contributed by atoms with Crippen LogP contribution in [0.3, 0.4) is 0 Å². The number of hydrogen-bond acceptors (Lipinski definition) is 3. The summed E-state index contributed by atoms with van der Waals surface area (Å²) in [4.78, 5) is 29.1. The van der Waals surface area contributed by atoms with E-state index in [1.165, 1.54) is 25.9 Å². The molecule has 0 saturated carbocycles. The molecular weight excluding hydrogens is 302 g/mol. The van der Waals surface area contributed by atoms with E-state index in [0.717, 1.165) is 24.2 Å². The predicted octanol–water partition coefficient (Wildman–Crippen LogP) is 1.96. The number of nitrogens with zero attached hydrogens (tertiary/aromatic N) is 2. The third-order valence-electron chi connectivity index (χ3n) is 5.00. The van der Waals surface area contributed by atoms with E-state index in [2.05, 4.69) is 10.2 Å². The van der Waals surface area contributed by atoms with Crippen molar-refractivity contribution in [1.29, 1.82) is 0 Å². The molecule has 1 fully saturated rings. The van der Waals surface area contributed by atoms with Crippen LogP contribution in [0.15, 0.2) is 24.3 Å². The van der Waals surface area contributed by atoms with Gasteiger partial charge in [0, 0.05) is 25.1 Å². The Balaban J connectivity index is 1.56. The number of carbonyl (C=O) groups is 2. The van der Waals surface area contributed by atoms with Crippen LogP contribution in [0.2, 0.25) is 0 Å². The fraction of sp³-hybridized carbons (Fsp3) is 0.579. The summed E-state index contributed by atoms with van der Waals surface area (Å²) in [5, 5.41) is 3.03. The molecule has 0 spiro atoms. The maximum absolute atomic E-state index is 12.6. The molecule has 1 saturated heterocycles. The summed E-state index contributed by atoms with van der Waals surface area (Å²) in [5.41, 5.74) is 1.97. The van der Waals surface area contributed by atoms with Crippen LogP contribution in [-0.2, 0) is 16.0 Å². The molecule has 0 aromatic heterocycles. The van der Waals surface area contributed by atoms with Crippen molar-refractivity contribution in [3.8, 4) is 0 Å². The van der Waals surface area contributed by atoms with E-state index in [-0.39, 0.29) is 11.8 Å². The highest BCUT2D eigenvalue weighted by Gasteiger charge is 2.37. The highest BCUT2D eigenvalue weighted by molar-refractivity contribution is 6.03. The number of likely N-dealkylation sites (tertiary alicyclic amines) is 1. The molecule has 2 heterocycles. The van der Waals surface area contributed by atoms with E-state index < -0.39 is 6.04 Å². The van der Waals surface area contributed by atoms with Gasteiger partial charge in [-0.3, -0.25) is 14.5 Å². The topological polar surface area (TPSA) is 52.7 Å². The number of amides is 2. The van der Waals surface area contributed by atoms with Gasteiger partial charge in [0.25, 0.3) is 0 Å². The van der Waals surface area contributed by atoms with Crippen molar-refractivity contribution >= 4 is 17.5 Å². The van der Waals surface area contributed by atoms with Gasteiger partial charge in [0.05, 0.1) is 0 Å². The Morgan fingerprint density at radius 1 is 1.21 bits per heavy atom. The standard InChI is InChI=1S/C19H27N3O2/c1-2-18(23)22-16-9-4-3-8-15(16)14-17(22)19(24)20-10-7-13-21-11-5-6-12-21/h3-4,8-9,17H,2,5-7,10-14H2,1H3,(H,20,24)/t17-/m1/s1. The summed E-state index contributed by atoms with van der Waals surface area (Å²) in [6.07, 6.45) is 4.57. The Labute approximate surface area is 144 Å². The molecule has 130 valence electrons. The van der Waals surface area contributed by atoms with Gasteiger partial charge in [0.1, 0.15) is 6.04 Å². The quantitative estimate of drug-likeness (QED) is 0.812. The van der Waals surface area contributed by atoms with Crippen LogP contribution < -0.4 is 10.2 Å². The minimum Gasteiger partial charge on any atom is -0.354 e. The van der Waals surface area contributed by atoms with E-state index in [1.807, 2.05) is 31.2 Å². The highest BCUT2D eigenvalue weighted by atomic mass is 16.2. The molecule has 24 heavy (non-hydrogen) atoms. The molecule has 0 radical (unpaired) electrons. The summed E-state index contributed by atoms with van der Waals surface area (Å²) in [5.74, 6) is -0.0217. The number of para-hydroxylation sites is 1. The third kappa shape index (κ3) is 3.61. The molecule has 2 aliphatic heterocycles. The monoisotopic (exact) mass is 329 g/mol. The van der Waals surface area contributed by atoms with E-state index in [9.17, 15) is 9.59 Å². The average Bonchev–Trinajstić information content (AvgIpc) is 3.25. The van der Waals surface area contributed by atoms with Crippen LogP contribution in [0.25, 0.3) is 0 Å². The van der Waals surface area contributed by atoms with Gasteiger partial charge in [-0.2, -0.15) is 0 Å². The number of carbonyl (C=O) groups excluding carboxylic acids is 2. The lowest BCUT2D eigenvalue weighted by atomic mass is 10.1. The minimum absolute atomic E-state index is 0.0113. The lowest BCUT2D eigenvalue weighted by Crippen LogP contribution is -2.48. The second-order valence-corrected chi connectivity index (χ2v) is 6.66.